The number of nitrogens with one attached hydrogen (secondary N) is 3. The highest BCUT2D eigenvalue weighted by atomic mass is 31.1. The lowest BCUT2D eigenvalue weighted by Gasteiger charge is -2.28. The van der Waals surface area contributed by atoms with Gasteiger partial charge in [0.05, 0.1) is 0 Å². The molecule has 1 saturated heterocycles. The van der Waals surface area contributed by atoms with Gasteiger partial charge < -0.3 is 30.7 Å². The lowest BCUT2D eigenvalue weighted by molar-refractivity contribution is -0.150. The summed E-state index contributed by atoms with van der Waals surface area (Å²) in [5.41, 5.74) is 0.885. The largest absolute Gasteiger partial charge is 0.698 e. The van der Waals surface area contributed by atoms with E-state index >= 15 is 0 Å². The topological polar surface area (TPSA) is 190 Å². The van der Waals surface area contributed by atoms with Gasteiger partial charge in [0.2, 0.25) is 11.8 Å². The number of aliphatic carboxylic acids is 1. The SMILES string of the molecule is CCCC[C@H](CCO[P+](=O)O[C@@H](C)C(=O)N1CCC[C@H]1C(=O)O)NC(=O)[C@H](CCCCNC(=O)OCc1ccccc1)NC(=O)C1CCC1. The minimum atomic E-state index is -2.67. The molecule has 1 aliphatic heterocycles. The molecular formula is C34H52N4O10P+. The number of unbranched alkanes of at least 4 members (excludes halogenated alkanes) is 2. The van der Waals surface area contributed by atoms with E-state index in [1.165, 1.54) is 11.8 Å². The van der Waals surface area contributed by atoms with E-state index < -0.39 is 44.4 Å². The average Bonchev–Trinajstić information content (AvgIpc) is 3.55. The predicted molar refractivity (Wildman–Crippen MR) is 180 cm³/mol. The van der Waals surface area contributed by atoms with Crippen molar-refractivity contribution in [3.63, 3.8) is 0 Å². The molecule has 0 radical (unpaired) electrons. The second-order valence-corrected chi connectivity index (χ2v) is 13.6. The van der Waals surface area contributed by atoms with Crippen molar-refractivity contribution >= 4 is 38.0 Å². The molecule has 5 atom stereocenters. The van der Waals surface area contributed by atoms with E-state index in [1.54, 1.807) is 0 Å². The van der Waals surface area contributed by atoms with Crippen LogP contribution in [0.4, 0.5) is 4.79 Å². The van der Waals surface area contributed by atoms with Gasteiger partial charge in [0.1, 0.15) is 25.3 Å². The number of carboxylic acid groups (broad SMARTS) is 1. The molecule has 0 bridgehead atoms. The Balaban J connectivity index is 1.45. The standard InChI is InChI=1S/C34H51N4O10P/c1-3-4-16-27(19-22-47-49(45)48-24(2)32(41)38-21-11-18-29(38)33(42)43)36-31(40)28(37-30(39)26-14-10-15-26)17-8-9-20-35-34(44)46-23-25-12-6-5-7-13-25/h5-7,12-13,24,26-29H,3-4,8-11,14-23H2,1-2H3,(H3-,35,36,37,39,40,42,43,44)/p+1/t24-,27+,28-,29-/m0/s1. The summed E-state index contributed by atoms with van der Waals surface area (Å²) >= 11 is 0. The van der Waals surface area contributed by atoms with Crippen molar-refractivity contribution in [2.75, 3.05) is 19.7 Å². The Morgan fingerprint density at radius 1 is 0.980 bits per heavy atom. The first-order chi connectivity index (χ1) is 23.6. The number of carbonyl (C=O) groups is 5. The van der Waals surface area contributed by atoms with Gasteiger partial charge in [-0.15, -0.1) is 9.05 Å². The number of carbonyl (C=O) groups excluding carboxylic acids is 4. The summed E-state index contributed by atoms with van der Waals surface area (Å²) in [6, 6.07) is 7.36. The summed E-state index contributed by atoms with van der Waals surface area (Å²) in [5, 5.41) is 18.0. The van der Waals surface area contributed by atoms with E-state index in [2.05, 4.69) is 16.0 Å². The molecule has 2 aliphatic rings. The first kappa shape index (κ1) is 39.8. The first-order valence-electron chi connectivity index (χ1n) is 17.4. The van der Waals surface area contributed by atoms with Crippen LogP contribution in [0.5, 0.6) is 0 Å². The number of hydrogen-bond acceptors (Lipinski definition) is 9. The highest BCUT2D eigenvalue weighted by molar-refractivity contribution is 7.33. The summed E-state index contributed by atoms with van der Waals surface area (Å²) in [6.45, 7) is 4.24. The van der Waals surface area contributed by atoms with Crippen LogP contribution in [-0.4, -0.2) is 83.7 Å². The average molecular weight is 708 g/mol. The summed E-state index contributed by atoms with van der Waals surface area (Å²) in [5.74, 6) is -2.19. The Morgan fingerprint density at radius 2 is 1.73 bits per heavy atom. The van der Waals surface area contributed by atoms with Gasteiger partial charge in [0.25, 0.3) is 5.91 Å². The molecule has 4 N–H and O–H groups in total. The van der Waals surface area contributed by atoms with Crippen molar-refractivity contribution < 1.29 is 47.4 Å². The summed E-state index contributed by atoms with van der Waals surface area (Å²) < 4.78 is 28.4. The quantitative estimate of drug-likeness (QED) is 0.0980. The Kier molecular flexibility index (Phi) is 17.5. The van der Waals surface area contributed by atoms with Crippen LogP contribution in [0.15, 0.2) is 30.3 Å². The van der Waals surface area contributed by atoms with Crippen LogP contribution in [0.2, 0.25) is 0 Å². The van der Waals surface area contributed by atoms with E-state index in [9.17, 15) is 33.6 Å². The smallest absolute Gasteiger partial charge is 0.480 e. The van der Waals surface area contributed by atoms with Gasteiger partial charge in [-0.25, -0.2) is 9.59 Å². The minimum Gasteiger partial charge on any atom is -0.480 e. The van der Waals surface area contributed by atoms with Crippen molar-refractivity contribution in [3.8, 4) is 0 Å². The van der Waals surface area contributed by atoms with Crippen LogP contribution < -0.4 is 16.0 Å². The Hall–Kier alpha value is -3.61. The number of nitrogens with zero attached hydrogens (tertiary/aromatic N) is 1. The molecule has 1 saturated carbocycles. The predicted octanol–water partition coefficient (Wildman–Crippen LogP) is 4.59. The highest BCUT2D eigenvalue weighted by Gasteiger charge is 2.39. The van der Waals surface area contributed by atoms with Crippen LogP contribution in [0, 0.1) is 5.92 Å². The fourth-order valence-corrected chi connectivity index (χ4v) is 6.37. The number of likely N-dealkylation sites (tertiary alicyclic amines) is 1. The van der Waals surface area contributed by atoms with E-state index in [-0.39, 0.29) is 37.0 Å². The second-order valence-electron chi connectivity index (χ2n) is 12.6. The van der Waals surface area contributed by atoms with Gasteiger partial charge in [-0.1, -0.05) is 56.5 Å². The molecule has 14 nitrogen and oxygen atoms in total. The van der Waals surface area contributed by atoms with Crippen molar-refractivity contribution in [2.24, 2.45) is 5.92 Å². The molecule has 4 amide bonds. The molecule has 0 aromatic heterocycles. The first-order valence-corrected chi connectivity index (χ1v) is 18.5. The van der Waals surface area contributed by atoms with E-state index in [1.807, 2.05) is 37.3 Å². The Bertz CT molecular complexity index is 1250. The van der Waals surface area contributed by atoms with E-state index in [0.29, 0.717) is 58.0 Å². The lowest BCUT2D eigenvalue weighted by atomic mass is 9.84. The van der Waals surface area contributed by atoms with E-state index in [0.717, 1.165) is 37.7 Å². The van der Waals surface area contributed by atoms with Crippen molar-refractivity contribution in [3.05, 3.63) is 35.9 Å². The number of ether oxygens (including phenoxy) is 1. The monoisotopic (exact) mass is 707 g/mol. The number of carboxylic acids is 1. The maximum atomic E-state index is 13.5. The normalized spacial score (nSPS) is 18.0. The third kappa shape index (κ3) is 14.0. The van der Waals surface area contributed by atoms with Crippen LogP contribution in [0.3, 0.4) is 0 Å². The zero-order chi connectivity index (χ0) is 35.6. The molecule has 1 aromatic rings. The molecule has 49 heavy (non-hydrogen) atoms. The highest BCUT2D eigenvalue weighted by Crippen LogP contribution is 2.29. The van der Waals surface area contributed by atoms with Gasteiger partial charge in [-0.05, 0) is 70.3 Å². The van der Waals surface area contributed by atoms with Crippen molar-refractivity contribution in [2.45, 2.75) is 122 Å². The maximum absolute atomic E-state index is 13.5. The van der Waals surface area contributed by atoms with Crippen LogP contribution in [0.25, 0.3) is 0 Å². The fraction of sp³-hybridized carbons (Fsp3) is 0.676. The minimum absolute atomic E-state index is 0.0165. The summed E-state index contributed by atoms with van der Waals surface area (Å²) in [4.78, 5) is 63.7. The maximum Gasteiger partial charge on any atom is 0.698 e. The number of hydrogen-bond donors (Lipinski definition) is 4. The summed E-state index contributed by atoms with van der Waals surface area (Å²) in [7, 11) is -2.67. The van der Waals surface area contributed by atoms with Crippen molar-refractivity contribution in [1.82, 2.24) is 20.9 Å². The Labute approximate surface area is 289 Å². The molecule has 1 aliphatic carbocycles. The fourth-order valence-electron chi connectivity index (χ4n) is 5.70. The van der Waals surface area contributed by atoms with Crippen LogP contribution >= 0.6 is 8.25 Å². The zero-order valence-electron chi connectivity index (χ0n) is 28.6. The molecule has 1 aromatic carbocycles. The molecule has 15 heteroatoms. The molecule has 3 rings (SSSR count). The summed E-state index contributed by atoms with van der Waals surface area (Å²) in [6.07, 6.45) is 6.06. The lowest BCUT2D eigenvalue weighted by Crippen LogP contribution is -2.51. The number of rotatable bonds is 22. The number of benzene rings is 1. The number of alkyl carbamates (subject to hydrolysis) is 1. The van der Waals surface area contributed by atoms with Gasteiger partial charge in [0.15, 0.2) is 6.10 Å². The molecular weight excluding hydrogens is 655 g/mol. The van der Waals surface area contributed by atoms with Crippen molar-refractivity contribution in [1.29, 1.82) is 0 Å². The molecule has 272 valence electrons. The zero-order valence-corrected chi connectivity index (χ0v) is 29.5. The Morgan fingerprint density at radius 3 is 2.41 bits per heavy atom. The second kappa shape index (κ2) is 21.5. The van der Waals surface area contributed by atoms with Crippen LogP contribution in [0.1, 0.15) is 96.5 Å². The van der Waals surface area contributed by atoms with Crippen LogP contribution in [-0.2, 0) is 44.1 Å². The number of amides is 4. The molecule has 1 heterocycles. The molecule has 1 unspecified atom stereocenters. The molecule has 0 spiro atoms. The van der Waals surface area contributed by atoms with Gasteiger partial charge in [-0.3, -0.25) is 14.4 Å². The third-order valence-electron chi connectivity index (χ3n) is 8.84. The van der Waals surface area contributed by atoms with Gasteiger partial charge in [0, 0.05) is 29.6 Å². The van der Waals surface area contributed by atoms with E-state index in [4.69, 9.17) is 13.8 Å². The van der Waals surface area contributed by atoms with Gasteiger partial charge >= 0.3 is 20.3 Å². The molecule has 2 fully saturated rings. The van der Waals surface area contributed by atoms with Gasteiger partial charge in [-0.2, -0.15) is 0 Å². The third-order valence-corrected chi connectivity index (χ3v) is 9.72.